The Morgan fingerprint density at radius 1 is 1.53 bits per heavy atom. The number of hydrogen-bond acceptors (Lipinski definition) is 5. The van der Waals surface area contributed by atoms with Crippen molar-refractivity contribution in [2.24, 2.45) is 0 Å². The number of hydrogen-bond donors (Lipinski definition) is 0. The zero-order valence-electron chi connectivity index (χ0n) is 12.1. The lowest BCUT2D eigenvalue weighted by molar-refractivity contribution is -0.0442. The second kappa shape index (κ2) is 6.98. The summed E-state index contributed by atoms with van der Waals surface area (Å²) in [7, 11) is 1.73. The Labute approximate surface area is 114 Å². The molecular formula is C13H24N4O2. The second-order valence-corrected chi connectivity index (χ2v) is 5.26. The van der Waals surface area contributed by atoms with Gasteiger partial charge in [0.2, 0.25) is 0 Å². The van der Waals surface area contributed by atoms with Crippen molar-refractivity contribution < 1.29 is 9.47 Å². The van der Waals surface area contributed by atoms with Gasteiger partial charge in [-0.15, -0.1) is 10.2 Å². The minimum absolute atomic E-state index is 0.268. The van der Waals surface area contributed by atoms with Gasteiger partial charge in [-0.1, -0.05) is 0 Å². The molecule has 0 amide bonds. The summed E-state index contributed by atoms with van der Waals surface area (Å²) in [6.45, 7) is 8.56. The zero-order chi connectivity index (χ0) is 13.7. The smallest absolute Gasteiger partial charge is 0.147 e. The largest absolute Gasteiger partial charge is 0.385 e. The summed E-state index contributed by atoms with van der Waals surface area (Å²) < 4.78 is 13.0. The lowest BCUT2D eigenvalue weighted by Gasteiger charge is -2.32. The van der Waals surface area contributed by atoms with Crippen molar-refractivity contribution in [2.45, 2.75) is 39.0 Å². The summed E-state index contributed by atoms with van der Waals surface area (Å²) in [5.74, 6) is 1.03. The molecule has 1 saturated heterocycles. The van der Waals surface area contributed by atoms with Gasteiger partial charge in [0.15, 0.2) is 0 Å². The fraction of sp³-hybridized carbons (Fsp3) is 0.846. The molecule has 0 N–H and O–H groups in total. The normalized spacial score (nSPS) is 21.2. The van der Waals surface area contributed by atoms with Crippen LogP contribution >= 0.6 is 0 Å². The highest BCUT2D eigenvalue weighted by Gasteiger charge is 2.22. The first-order valence-corrected chi connectivity index (χ1v) is 6.92. The molecule has 2 rings (SSSR count). The summed E-state index contributed by atoms with van der Waals surface area (Å²) in [6.07, 6.45) is 3.02. The molecule has 1 aromatic rings. The predicted octanol–water partition coefficient (Wildman–Crippen LogP) is 1.10. The molecule has 0 aromatic carbocycles. The molecule has 6 nitrogen and oxygen atoms in total. The highest BCUT2D eigenvalue weighted by Crippen LogP contribution is 2.13. The molecule has 1 aliphatic rings. The van der Waals surface area contributed by atoms with Crippen molar-refractivity contribution >= 4 is 0 Å². The maximum absolute atomic E-state index is 5.74. The predicted molar refractivity (Wildman–Crippen MR) is 71.9 cm³/mol. The van der Waals surface area contributed by atoms with Gasteiger partial charge in [0.1, 0.15) is 12.2 Å². The van der Waals surface area contributed by atoms with Gasteiger partial charge in [-0.25, -0.2) is 0 Å². The Morgan fingerprint density at radius 2 is 2.37 bits per heavy atom. The molecule has 0 spiro atoms. The van der Waals surface area contributed by atoms with Gasteiger partial charge in [-0.05, 0) is 20.3 Å². The average molecular weight is 268 g/mol. The second-order valence-electron chi connectivity index (χ2n) is 5.26. The fourth-order valence-corrected chi connectivity index (χ4v) is 2.36. The van der Waals surface area contributed by atoms with E-state index in [1.54, 1.807) is 7.11 Å². The van der Waals surface area contributed by atoms with Crippen LogP contribution in [-0.2, 0) is 16.0 Å². The van der Waals surface area contributed by atoms with Crippen molar-refractivity contribution in [1.82, 2.24) is 19.7 Å². The van der Waals surface area contributed by atoms with Crippen LogP contribution in [0.25, 0.3) is 0 Å². The monoisotopic (exact) mass is 268 g/mol. The van der Waals surface area contributed by atoms with Crippen molar-refractivity contribution in [2.75, 3.05) is 33.4 Å². The quantitative estimate of drug-likeness (QED) is 0.773. The lowest BCUT2D eigenvalue weighted by atomic mass is 10.2. The molecule has 0 bridgehead atoms. The molecule has 0 saturated carbocycles. The third kappa shape index (κ3) is 3.99. The number of ether oxygens (including phenoxy) is 2. The summed E-state index contributed by atoms with van der Waals surface area (Å²) in [6, 6.07) is 0.398. The van der Waals surface area contributed by atoms with Gasteiger partial charge in [-0.2, -0.15) is 0 Å². The van der Waals surface area contributed by atoms with E-state index in [4.69, 9.17) is 9.47 Å². The van der Waals surface area contributed by atoms with E-state index in [9.17, 15) is 0 Å². The molecule has 0 radical (unpaired) electrons. The van der Waals surface area contributed by atoms with Crippen LogP contribution in [0.4, 0.5) is 0 Å². The lowest BCUT2D eigenvalue weighted by Crippen LogP contribution is -2.42. The van der Waals surface area contributed by atoms with E-state index in [1.165, 1.54) is 0 Å². The maximum Gasteiger partial charge on any atom is 0.147 e. The summed E-state index contributed by atoms with van der Waals surface area (Å²) >= 11 is 0. The number of morpholine rings is 1. The van der Waals surface area contributed by atoms with E-state index >= 15 is 0 Å². The van der Waals surface area contributed by atoms with E-state index < -0.39 is 0 Å². The number of nitrogens with zero attached hydrogens (tertiary/aromatic N) is 4. The molecule has 108 valence electrons. The highest BCUT2D eigenvalue weighted by molar-refractivity contribution is 4.89. The molecule has 0 unspecified atom stereocenters. The Kier molecular flexibility index (Phi) is 5.30. The third-order valence-corrected chi connectivity index (χ3v) is 3.44. The standard InChI is InChI=1S/C13H24N4O2/c1-11(2)17-10-14-15-13(17)9-16-5-7-19-12(8-16)4-6-18-3/h10-12H,4-9H2,1-3H3/t12-/m0/s1. The first kappa shape index (κ1) is 14.4. The van der Waals surface area contributed by atoms with E-state index in [0.717, 1.165) is 45.1 Å². The van der Waals surface area contributed by atoms with Gasteiger partial charge < -0.3 is 14.0 Å². The van der Waals surface area contributed by atoms with Crippen LogP contribution in [-0.4, -0.2) is 59.2 Å². The first-order chi connectivity index (χ1) is 9.20. The molecule has 1 aromatic heterocycles. The maximum atomic E-state index is 5.74. The number of rotatable bonds is 6. The van der Waals surface area contributed by atoms with E-state index in [2.05, 4.69) is 33.5 Å². The van der Waals surface area contributed by atoms with Crippen LogP contribution in [0, 0.1) is 0 Å². The minimum atomic E-state index is 0.268. The molecular weight excluding hydrogens is 244 g/mol. The molecule has 19 heavy (non-hydrogen) atoms. The van der Waals surface area contributed by atoms with E-state index in [-0.39, 0.29) is 6.10 Å². The van der Waals surface area contributed by atoms with Gasteiger partial charge >= 0.3 is 0 Å². The Morgan fingerprint density at radius 3 is 3.11 bits per heavy atom. The Hall–Kier alpha value is -0.980. The summed E-state index contributed by atoms with van der Waals surface area (Å²) in [5.41, 5.74) is 0. The third-order valence-electron chi connectivity index (χ3n) is 3.44. The summed E-state index contributed by atoms with van der Waals surface area (Å²) in [5, 5.41) is 8.24. The van der Waals surface area contributed by atoms with Crippen molar-refractivity contribution in [3.8, 4) is 0 Å². The van der Waals surface area contributed by atoms with Gasteiger partial charge in [0.05, 0.1) is 19.3 Å². The van der Waals surface area contributed by atoms with Crippen LogP contribution in [0.15, 0.2) is 6.33 Å². The highest BCUT2D eigenvalue weighted by atomic mass is 16.5. The average Bonchev–Trinajstić information content (AvgIpc) is 2.85. The van der Waals surface area contributed by atoms with E-state index in [0.29, 0.717) is 6.04 Å². The first-order valence-electron chi connectivity index (χ1n) is 6.92. The molecule has 0 aliphatic carbocycles. The minimum Gasteiger partial charge on any atom is -0.385 e. The van der Waals surface area contributed by atoms with Crippen molar-refractivity contribution in [3.63, 3.8) is 0 Å². The van der Waals surface area contributed by atoms with Gasteiger partial charge in [-0.3, -0.25) is 4.90 Å². The Balaban J connectivity index is 1.89. The fourth-order valence-electron chi connectivity index (χ4n) is 2.36. The van der Waals surface area contributed by atoms with Crippen molar-refractivity contribution in [3.05, 3.63) is 12.2 Å². The van der Waals surface area contributed by atoms with Crippen LogP contribution in [0.1, 0.15) is 32.1 Å². The number of aromatic nitrogens is 3. The summed E-state index contributed by atoms with van der Waals surface area (Å²) in [4.78, 5) is 2.38. The van der Waals surface area contributed by atoms with Crippen LogP contribution < -0.4 is 0 Å². The number of methoxy groups -OCH3 is 1. The Bertz CT molecular complexity index is 380. The molecule has 1 aliphatic heterocycles. The molecule has 1 fully saturated rings. The van der Waals surface area contributed by atoms with Crippen molar-refractivity contribution in [1.29, 1.82) is 0 Å². The van der Waals surface area contributed by atoms with E-state index in [1.807, 2.05) is 6.33 Å². The molecule has 2 heterocycles. The topological polar surface area (TPSA) is 52.4 Å². The molecule has 6 heteroatoms. The van der Waals surface area contributed by atoms with Gasteiger partial charge in [0, 0.05) is 32.8 Å². The van der Waals surface area contributed by atoms with Crippen LogP contribution in [0.3, 0.4) is 0 Å². The zero-order valence-corrected chi connectivity index (χ0v) is 12.1. The van der Waals surface area contributed by atoms with Crippen LogP contribution in [0.5, 0.6) is 0 Å². The van der Waals surface area contributed by atoms with Crippen LogP contribution in [0.2, 0.25) is 0 Å². The molecule has 1 atom stereocenters. The SMILES string of the molecule is COCC[C@H]1CN(Cc2nncn2C(C)C)CCO1. The van der Waals surface area contributed by atoms with Gasteiger partial charge in [0.25, 0.3) is 0 Å².